The molecule has 96 valence electrons. The number of carbonyl (C=O) groups excluding carboxylic acids is 1. The lowest BCUT2D eigenvalue weighted by atomic mass is 10.2. The van der Waals surface area contributed by atoms with Crippen molar-refractivity contribution in [3.05, 3.63) is 21.9 Å². The van der Waals surface area contributed by atoms with Crippen LogP contribution in [-0.4, -0.2) is 23.9 Å². The van der Waals surface area contributed by atoms with Gasteiger partial charge in [0.05, 0.1) is 12.5 Å². The Morgan fingerprint density at radius 1 is 1.67 bits per heavy atom. The first-order valence-corrected chi connectivity index (χ1v) is 7.06. The lowest BCUT2D eigenvalue weighted by Crippen LogP contribution is -2.36. The second-order valence-electron chi connectivity index (χ2n) is 5.06. The minimum atomic E-state index is 0.00817. The molecule has 1 heterocycles. The lowest BCUT2D eigenvalue weighted by Gasteiger charge is -2.23. The van der Waals surface area contributed by atoms with Crippen LogP contribution in [0.5, 0.6) is 0 Å². The predicted molar refractivity (Wildman–Crippen MR) is 72.4 cm³/mol. The summed E-state index contributed by atoms with van der Waals surface area (Å²) in [6.07, 6.45) is 1.36. The van der Waals surface area contributed by atoms with Gasteiger partial charge in [0.15, 0.2) is 0 Å². The van der Waals surface area contributed by atoms with Crippen LogP contribution < -0.4 is 0 Å². The van der Waals surface area contributed by atoms with Crippen molar-refractivity contribution >= 4 is 17.2 Å². The van der Waals surface area contributed by atoms with Gasteiger partial charge in [0.2, 0.25) is 5.91 Å². The molecule has 1 aliphatic rings. The summed E-state index contributed by atoms with van der Waals surface area (Å²) in [6.45, 7) is 4.02. The van der Waals surface area contributed by atoms with Crippen LogP contribution in [0.25, 0.3) is 0 Å². The van der Waals surface area contributed by atoms with E-state index in [4.69, 9.17) is 5.26 Å². The van der Waals surface area contributed by atoms with Gasteiger partial charge in [-0.05, 0) is 32.4 Å². The molecule has 3 nitrogen and oxygen atoms in total. The molecule has 0 saturated heterocycles. The van der Waals surface area contributed by atoms with Crippen molar-refractivity contribution in [2.45, 2.75) is 38.6 Å². The first kappa shape index (κ1) is 13.1. The molecular weight excluding hydrogens is 244 g/mol. The van der Waals surface area contributed by atoms with E-state index < -0.39 is 0 Å². The third-order valence-corrected chi connectivity index (χ3v) is 4.76. The number of carbonyl (C=O) groups is 1. The van der Waals surface area contributed by atoms with Gasteiger partial charge in [-0.2, -0.15) is 5.26 Å². The normalized spacial score (nSPS) is 23.2. The molecule has 0 spiro atoms. The average molecular weight is 262 g/mol. The molecule has 3 atom stereocenters. The molecule has 0 bridgehead atoms. The highest BCUT2D eigenvalue weighted by Gasteiger charge is 2.46. The summed E-state index contributed by atoms with van der Waals surface area (Å²) in [7, 11) is 1.80. The highest BCUT2D eigenvalue weighted by atomic mass is 32.1. The molecular formula is C14H18N2OS. The highest BCUT2D eigenvalue weighted by molar-refractivity contribution is 7.12. The fourth-order valence-corrected chi connectivity index (χ4v) is 3.24. The smallest absolute Gasteiger partial charge is 0.226 e. The maximum Gasteiger partial charge on any atom is 0.226 e. The quantitative estimate of drug-likeness (QED) is 0.837. The van der Waals surface area contributed by atoms with E-state index in [-0.39, 0.29) is 17.9 Å². The molecule has 1 fully saturated rings. The Balaban J connectivity index is 1.95. The molecule has 2 rings (SSSR count). The van der Waals surface area contributed by atoms with Gasteiger partial charge in [-0.15, -0.1) is 11.3 Å². The van der Waals surface area contributed by atoms with Crippen LogP contribution in [0.3, 0.4) is 0 Å². The predicted octanol–water partition coefficient (Wildman–Crippen LogP) is 2.92. The largest absolute Gasteiger partial charge is 0.342 e. The van der Waals surface area contributed by atoms with E-state index in [0.717, 1.165) is 6.42 Å². The summed E-state index contributed by atoms with van der Waals surface area (Å²) in [5.41, 5.74) is 0. The van der Waals surface area contributed by atoms with E-state index in [1.807, 2.05) is 6.92 Å². The van der Waals surface area contributed by atoms with Gasteiger partial charge in [-0.25, -0.2) is 0 Å². The van der Waals surface area contributed by atoms with Crippen LogP contribution in [0.2, 0.25) is 0 Å². The average Bonchev–Trinajstić information content (AvgIpc) is 3.03. The van der Waals surface area contributed by atoms with Gasteiger partial charge in [-0.3, -0.25) is 4.79 Å². The van der Waals surface area contributed by atoms with Crippen LogP contribution in [-0.2, 0) is 4.79 Å². The molecule has 4 heteroatoms. The third kappa shape index (κ3) is 2.56. The first-order valence-electron chi connectivity index (χ1n) is 6.24. The van der Waals surface area contributed by atoms with Crippen molar-refractivity contribution in [3.8, 4) is 6.07 Å². The van der Waals surface area contributed by atoms with Gasteiger partial charge >= 0.3 is 0 Å². The number of amides is 1. The molecule has 3 unspecified atom stereocenters. The van der Waals surface area contributed by atoms with Crippen LogP contribution in [0, 0.1) is 24.2 Å². The fourth-order valence-electron chi connectivity index (χ4n) is 2.18. The van der Waals surface area contributed by atoms with Crippen LogP contribution in [0.15, 0.2) is 12.1 Å². The van der Waals surface area contributed by atoms with E-state index in [9.17, 15) is 4.79 Å². The SMILES string of the molecule is Cc1ccc(C2CC2C(=O)N(C)C(C)CC#N)s1. The molecule has 0 aromatic carbocycles. The molecule has 0 aliphatic heterocycles. The van der Waals surface area contributed by atoms with Crippen molar-refractivity contribution in [3.63, 3.8) is 0 Å². The van der Waals surface area contributed by atoms with Crippen molar-refractivity contribution in [2.75, 3.05) is 7.05 Å². The molecule has 1 aromatic rings. The maximum absolute atomic E-state index is 12.2. The van der Waals surface area contributed by atoms with Gasteiger partial charge in [0.1, 0.15) is 0 Å². The van der Waals surface area contributed by atoms with E-state index in [0.29, 0.717) is 12.3 Å². The summed E-state index contributed by atoms with van der Waals surface area (Å²) in [4.78, 5) is 16.6. The Bertz CT molecular complexity index is 488. The molecule has 0 N–H and O–H groups in total. The Labute approximate surface area is 112 Å². The summed E-state index contributed by atoms with van der Waals surface area (Å²) < 4.78 is 0. The standard InChI is InChI=1S/C14H18N2OS/c1-9(6-7-15)16(3)14(17)12-8-11(12)13-5-4-10(2)18-13/h4-5,9,11-12H,6,8H2,1-3H3. The van der Waals surface area contributed by atoms with E-state index in [2.05, 4.69) is 25.1 Å². The lowest BCUT2D eigenvalue weighted by molar-refractivity contribution is -0.133. The molecule has 18 heavy (non-hydrogen) atoms. The number of nitriles is 1. The molecule has 1 aliphatic carbocycles. The maximum atomic E-state index is 12.2. The number of hydrogen-bond acceptors (Lipinski definition) is 3. The third-order valence-electron chi connectivity index (χ3n) is 3.63. The van der Waals surface area contributed by atoms with Crippen molar-refractivity contribution < 1.29 is 4.79 Å². The number of hydrogen-bond donors (Lipinski definition) is 0. The van der Waals surface area contributed by atoms with Gasteiger partial charge in [-0.1, -0.05) is 0 Å². The number of rotatable bonds is 4. The summed E-state index contributed by atoms with van der Waals surface area (Å²) in [6, 6.07) is 6.37. The zero-order valence-electron chi connectivity index (χ0n) is 11.0. The minimum Gasteiger partial charge on any atom is -0.342 e. The van der Waals surface area contributed by atoms with Crippen LogP contribution >= 0.6 is 11.3 Å². The summed E-state index contributed by atoms with van der Waals surface area (Å²) >= 11 is 1.79. The Morgan fingerprint density at radius 2 is 2.39 bits per heavy atom. The molecule has 1 aromatic heterocycles. The zero-order valence-corrected chi connectivity index (χ0v) is 11.8. The number of nitrogens with zero attached hydrogens (tertiary/aromatic N) is 2. The van der Waals surface area contributed by atoms with Crippen molar-refractivity contribution in [1.29, 1.82) is 5.26 Å². The van der Waals surface area contributed by atoms with Crippen LogP contribution in [0.1, 0.15) is 35.4 Å². The minimum absolute atomic E-state index is 0.00817. The Hall–Kier alpha value is -1.34. The Morgan fingerprint density at radius 3 is 2.94 bits per heavy atom. The molecule has 1 amide bonds. The molecule has 0 radical (unpaired) electrons. The second-order valence-corrected chi connectivity index (χ2v) is 6.38. The Kier molecular flexibility index (Phi) is 3.72. The van der Waals surface area contributed by atoms with Gasteiger partial charge in [0.25, 0.3) is 0 Å². The first-order chi connectivity index (χ1) is 8.54. The highest BCUT2D eigenvalue weighted by Crippen LogP contribution is 2.50. The fraction of sp³-hybridized carbons (Fsp3) is 0.571. The zero-order chi connectivity index (χ0) is 13.3. The van der Waals surface area contributed by atoms with Crippen LogP contribution in [0.4, 0.5) is 0 Å². The van der Waals surface area contributed by atoms with E-state index >= 15 is 0 Å². The summed E-state index contributed by atoms with van der Waals surface area (Å²) in [5, 5.41) is 8.67. The topological polar surface area (TPSA) is 44.1 Å². The van der Waals surface area contributed by atoms with Crippen molar-refractivity contribution in [1.82, 2.24) is 4.90 Å². The summed E-state index contributed by atoms with van der Waals surface area (Å²) in [5.74, 6) is 0.732. The van der Waals surface area contributed by atoms with Gasteiger partial charge in [0, 0.05) is 34.7 Å². The van der Waals surface area contributed by atoms with E-state index in [1.54, 1.807) is 23.3 Å². The monoisotopic (exact) mass is 262 g/mol. The number of aryl methyl sites for hydroxylation is 1. The van der Waals surface area contributed by atoms with Crippen molar-refractivity contribution in [2.24, 2.45) is 5.92 Å². The number of thiophene rings is 1. The second kappa shape index (κ2) is 5.11. The van der Waals surface area contributed by atoms with Gasteiger partial charge < -0.3 is 4.90 Å². The van der Waals surface area contributed by atoms with E-state index in [1.165, 1.54) is 9.75 Å². The molecule has 1 saturated carbocycles.